The van der Waals surface area contributed by atoms with Crippen LogP contribution in [0.3, 0.4) is 0 Å². The molecule has 0 fully saturated rings. The molecule has 1 atom stereocenters. The van der Waals surface area contributed by atoms with Crippen LogP contribution in [0.5, 0.6) is 0 Å². The van der Waals surface area contributed by atoms with Crippen LogP contribution < -0.4 is 0 Å². The van der Waals surface area contributed by atoms with Crippen LogP contribution in [0.15, 0.2) is 71.1 Å². The maximum absolute atomic E-state index is 13.4. The number of allylic oxidation sites excluding steroid dienone is 8. The molecule has 1 unspecified atom stereocenters. The van der Waals surface area contributed by atoms with E-state index in [0.29, 0.717) is 30.8 Å². The summed E-state index contributed by atoms with van der Waals surface area (Å²) in [6.45, 7) is 5.73. The predicted molar refractivity (Wildman–Crippen MR) is 84.0 cm³/mol. The van der Waals surface area contributed by atoms with Gasteiger partial charge in [0.1, 0.15) is 18.5 Å². The van der Waals surface area contributed by atoms with Crippen LogP contribution in [-0.4, -0.2) is 23.9 Å². The van der Waals surface area contributed by atoms with Gasteiger partial charge in [-0.15, -0.1) is 0 Å². The van der Waals surface area contributed by atoms with Gasteiger partial charge >= 0.3 is 5.97 Å². The van der Waals surface area contributed by atoms with Gasteiger partial charge in [-0.2, -0.15) is 0 Å². The molecule has 4 heteroatoms. The number of rotatable bonds is 4. The monoisotopic (exact) mass is 302 g/mol. The van der Waals surface area contributed by atoms with E-state index in [0.717, 1.165) is 11.1 Å². The van der Waals surface area contributed by atoms with Gasteiger partial charge < -0.3 is 9.84 Å². The van der Waals surface area contributed by atoms with E-state index in [4.69, 9.17) is 9.84 Å². The van der Waals surface area contributed by atoms with Crippen LogP contribution in [0.4, 0.5) is 4.39 Å². The van der Waals surface area contributed by atoms with Gasteiger partial charge in [-0.05, 0) is 43.1 Å². The molecule has 1 aliphatic carbocycles. The third-order valence-electron chi connectivity index (χ3n) is 3.63. The fourth-order valence-corrected chi connectivity index (χ4v) is 2.41. The molecule has 0 amide bonds. The number of ether oxygens (including phenoxy) is 1. The summed E-state index contributed by atoms with van der Waals surface area (Å²) < 4.78 is 18.9. The van der Waals surface area contributed by atoms with Crippen LogP contribution in [0.2, 0.25) is 0 Å². The maximum Gasteiger partial charge on any atom is 0.335 e. The summed E-state index contributed by atoms with van der Waals surface area (Å²) in [6.07, 6.45) is 10.2. The quantitative estimate of drug-likeness (QED) is 0.630. The Morgan fingerprint density at radius 3 is 2.95 bits per heavy atom. The molecule has 2 rings (SSSR count). The largest absolute Gasteiger partial charge is 0.493 e. The van der Waals surface area contributed by atoms with Gasteiger partial charge in [-0.25, -0.2) is 9.18 Å². The fraction of sp³-hybridized carbons (Fsp3) is 0.278. The van der Waals surface area contributed by atoms with Gasteiger partial charge in [0.2, 0.25) is 0 Å². The summed E-state index contributed by atoms with van der Waals surface area (Å²) in [7, 11) is 0. The van der Waals surface area contributed by atoms with Crippen molar-refractivity contribution in [3.8, 4) is 0 Å². The van der Waals surface area contributed by atoms with E-state index in [9.17, 15) is 9.18 Å². The van der Waals surface area contributed by atoms with Crippen molar-refractivity contribution in [1.82, 2.24) is 0 Å². The minimum atomic E-state index is -1.05. The number of halogens is 1. The molecule has 0 spiro atoms. The van der Waals surface area contributed by atoms with Crippen LogP contribution in [-0.2, 0) is 9.53 Å². The van der Waals surface area contributed by atoms with Crippen LogP contribution in [0.25, 0.3) is 0 Å². The Morgan fingerprint density at radius 1 is 1.50 bits per heavy atom. The number of carbonyl (C=O) groups is 1. The smallest absolute Gasteiger partial charge is 0.335 e. The van der Waals surface area contributed by atoms with Gasteiger partial charge in [0.05, 0.1) is 5.57 Å². The Labute approximate surface area is 129 Å². The van der Waals surface area contributed by atoms with E-state index in [1.165, 1.54) is 12.2 Å². The SMILES string of the molecule is C=C/C(=C\C1=C(C)OCC=C1C1=CCCC(F)C=C1)C(=O)O. The highest BCUT2D eigenvalue weighted by molar-refractivity contribution is 5.90. The molecule has 116 valence electrons. The molecule has 0 saturated carbocycles. The molecular weight excluding hydrogens is 283 g/mol. The predicted octanol–water partition coefficient (Wildman–Crippen LogP) is 4.03. The van der Waals surface area contributed by atoms with Crippen molar-refractivity contribution >= 4 is 5.97 Å². The first-order valence-corrected chi connectivity index (χ1v) is 7.17. The summed E-state index contributed by atoms with van der Waals surface area (Å²) in [5, 5.41) is 9.17. The molecule has 22 heavy (non-hydrogen) atoms. The molecule has 2 aliphatic rings. The zero-order chi connectivity index (χ0) is 16.1. The van der Waals surface area contributed by atoms with Crippen LogP contribution >= 0.6 is 0 Å². The van der Waals surface area contributed by atoms with Crippen molar-refractivity contribution in [2.24, 2.45) is 0 Å². The van der Waals surface area contributed by atoms with E-state index in [1.807, 2.05) is 12.2 Å². The number of hydrogen-bond acceptors (Lipinski definition) is 2. The molecular formula is C18H19FO3. The second kappa shape index (κ2) is 7.07. The lowest BCUT2D eigenvalue weighted by Gasteiger charge is -2.20. The zero-order valence-electron chi connectivity index (χ0n) is 12.5. The first-order valence-electron chi connectivity index (χ1n) is 7.17. The van der Waals surface area contributed by atoms with E-state index >= 15 is 0 Å². The molecule has 1 aliphatic heterocycles. The molecule has 0 bridgehead atoms. The van der Waals surface area contributed by atoms with Crippen LogP contribution in [0, 0.1) is 0 Å². The minimum absolute atomic E-state index is 0.0901. The number of carboxylic acids is 1. The van der Waals surface area contributed by atoms with Gasteiger partial charge in [0.25, 0.3) is 0 Å². The number of hydrogen-bond donors (Lipinski definition) is 1. The third kappa shape index (κ3) is 3.64. The van der Waals surface area contributed by atoms with E-state index in [2.05, 4.69) is 6.58 Å². The van der Waals surface area contributed by atoms with Gasteiger partial charge in [0.15, 0.2) is 0 Å². The standard InChI is InChI=1S/C18H19FO3/c1-3-13(18(20)21)11-17-12(2)22-10-9-16(17)14-5-4-6-15(19)8-7-14/h3,5,7-9,11,15H,1,4,6,10H2,2H3,(H,20,21)/b13-11+. The summed E-state index contributed by atoms with van der Waals surface area (Å²) in [4.78, 5) is 11.2. The highest BCUT2D eigenvalue weighted by atomic mass is 19.1. The molecule has 0 aromatic carbocycles. The minimum Gasteiger partial charge on any atom is -0.493 e. The average Bonchev–Trinajstić information content (AvgIpc) is 2.70. The molecule has 0 aromatic heterocycles. The lowest BCUT2D eigenvalue weighted by atomic mass is 9.92. The topological polar surface area (TPSA) is 46.5 Å². The molecule has 3 nitrogen and oxygen atoms in total. The molecule has 0 radical (unpaired) electrons. The highest BCUT2D eigenvalue weighted by Crippen LogP contribution is 2.31. The molecule has 0 aromatic rings. The van der Waals surface area contributed by atoms with Crippen LogP contribution in [0.1, 0.15) is 19.8 Å². The van der Waals surface area contributed by atoms with E-state index < -0.39 is 12.1 Å². The Hall–Kier alpha value is -2.36. The van der Waals surface area contributed by atoms with Gasteiger partial charge in [-0.3, -0.25) is 0 Å². The molecule has 1 heterocycles. The summed E-state index contributed by atoms with van der Waals surface area (Å²) >= 11 is 0. The second-order valence-electron chi connectivity index (χ2n) is 5.12. The number of alkyl halides is 1. The van der Waals surface area contributed by atoms with Crippen molar-refractivity contribution in [1.29, 1.82) is 0 Å². The number of aliphatic carboxylic acids is 1. The summed E-state index contributed by atoms with van der Waals surface area (Å²) in [5.74, 6) is -0.400. The Bertz CT molecular complexity index is 633. The van der Waals surface area contributed by atoms with E-state index in [-0.39, 0.29) is 5.57 Å². The van der Waals surface area contributed by atoms with Crippen molar-refractivity contribution < 1.29 is 19.0 Å². The lowest BCUT2D eigenvalue weighted by Crippen LogP contribution is -2.07. The Balaban J connectivity index is 2.43. The van der Waals surface area contributed by atoms with Gasteiger partial charge in [-0.1, -0.05) is 30.9 Å². The second-order valence-corrected chi connectivity index (χ2v) is 5.12. The third-order valence-corrected chi connectivity index (χ3v) is 3.63. The molecule has 0 saturated heterocycles. The maximum atomic E-state index is 13.4. The lowest BCUT2D eigenvalue weighted by molar-refractivity contribution is -0.132. The fourth-order valence-electron chi connectivity index (χ4n) is 2.41. The highest BCUT2D eigenvalue weighted by Gasteiger charge is 2.18. The van der Waals surface area contributed by atoms with Gasteiger partial charge in [0, 0.05) is 5.57 Å². The average molecular weight is 302 g/mol. The Morgan fingerprint density at radius 2 is 2.27 bits per heavy atom. The molecule has 1 N–H and O–H groups in total. The van der Waals surface area contributed by atoms with Crippen molar-refractivity contribution in [3.63, 3.8) is 0 Å². The summed E-state index contributed by atoms with van der Waals surface area (Å²) in [5.41, 5.74) is 2.54. The first kappa shape index (κ1) is 16.0. The number of carboxylic acid groups (broad SMARTS) is 1. The van der Waals surface area contributed by atoms with Crippen molar-refractivity contribution in [2.45, 2.75) is 25.9 Å². The Kier molecular flexibility index (Phi) is 5.15. The van der Waals surface area contributed by atoms with Crippen molar-refractivity contribution in [2.75, 3.05) is 6.61 Å². The first-order chi connectivity index (χ1) is 10.5. The van der Waals surface area contributed by atoms with E-state index in [1.54, 1.807) is 19.1 Å². The summed E-state index contributed by atoms with van der Waals surface area (Å²) in [6, 6.07) is 0. The van der Waals surface area contributed by atoms with Crippen molar-refractivity contribution in [3.05, 3.63) is 71.1 Å². The zero-order valence-corrected chi connectivity index (χ0v) is 12.5. The normalized spacial score (nSPS) is 22.5.